The molecule has 0 amide bonds. The summed E-state index contributed by atoms with van der Waals surface area (Å²) >= 11 is 0. The van der Waals surface area contributed by atoms with E-state index in [9.17, 15) is 0 Å². The lowest BCUT2D eigenvalue weighted by molar-refractivity contribution is 0.411. The summed E-state index contributed by atoms with van der Waals surface area (Å²) in [4.78, 5) is 0. The third-order valence-electron chi connectivity index (χ3n) is 2.95. The summed E-state index contributed by atoms with van der Waals surface area (Å²) in [6.07, 6.45) is 0. The van der Waals surface area contributed by atoms with Crippen molar-refractivity contribution < 1.29 is 4.74 Å². The summed E-state index contributed by atoms with van der Waals surface area (Å²) in [7, 11) is 1.67. The van der Waals surface area contributed by atoms with Gasteiger partial charge in [-0.2, -0.15) is 5.26 Å². The van der Waals surface area contributed by atoms with E-state index in [2.05, 4.69) is 17.5 Å². The molecule has 0 heterocycles. The van der Waals surface area contributed by atoms with Crippen LogP contribution in [-0.2, 0) is 6.54 Å². The second-order valence-corrected chi connectivity index (χ2v) is 4.35. The van der Waals surface area contributed by atoms with Gasteiger partial charge in [0.2, 0.25) is 0 Å². The molecule has 96 valence electrons. The maximum absolute atomic E-state index is 8.85. The van der Waals surface area contributed by atoms with Crippen LogP contribution in [0.3, 0.4) is 0 Å². The summed E-state index contributed by atoms with van der Waals surface area (Å²) in [5.41, 5.74) is 3.91. The van der Waals surface area contributed by atoms with E-state index in [0.29, 0.717) is 5.56 Å². The molecule has 0 radical (unpaired) electrons. The lowest BCUT2D eigenvalue weighted by Crippen LogP contribution is -2.00. The van der Waals surface area contributed by atoms with Gasteiger partial charge in [-0.05, 0) is 42.3 Å². The SMILES string of the molecule is COc1ccc(CNc2cccc(C#N)c2)cc1C. The van der Waals surface area contributed by atoms with Crippen molar-refractivity contribution in [3.63, 3.8) is 0 Å². The van der Waals surface area contributed by atoms with Gasteiger partial charge in [-0.3, -0.25) is 0 Å². The lowest BCUT2D eigenvalue weighted by Gasteiger charge is -2.09. The van der Waals surface area contributed by atoms with Crippen molar-refractivity contribution in [2.24, 2.45) is 0 Å². The molecule has 0 aliphatic carbocycles. The van der Waals surface area contributed by atoms with Gasteiger partial charge in [-0.25, -0.2) is 0 Å². The van der Waals surface area contributed by atoms with Gasteiger partial charge >= 0.3 is 0 Å². The number of nitrogens with one attached hydrogen (secondary N) is 1. The molecule has 0 aromatic heterocycles. The normalized spacial score (nSPS) is 9.74. The molecule has 2 rings (SSSR count). The quantitative estimate of drug-likeness (QED) is 0.906. The highest BCUT2D eigenvalue weighted by molar-refractivity contribution is 5.49. The summed E-state index contributed by atoms with van der Waals surface area (Å²) in [5.74, 6) is 0.898. The minimum atomic E-state index is 0.663. The second-order valence-electron chi connectivity index (χ2n) is 4.35. The number of rotatable bonds is 4. The monoisotopic (exact) mass is 252 g/mol. The first-order valence-corrected chi connectivity index (χ1v) is 6.10. The van der Waals surface area contributed by atoms with E-state index in [1.165, 1.54) is 5.56 Å². The fourth-order valence-corrected chi connectivity index (χ4v) is 1.95. The van der Waals surface area contributed by atoms with Crippen LogP contribution >= 0.6 is 0 Å². The van der Waals surface area contributed by atoms with Crippen molar-refractivity contribution in [3.8, 4) is 11.8 Å². The Morgan fingerprint density at radius 3 is 2.74 bits per heavy atom. The van der Waals surface area contributed by atoms with Crippen LogP contribution in [0, 0.1) is 18.3 Å². The third kappa shape index (κ3) is 3.26. The van der Waals surface area contributed by atoms with Crippen LogP contribution < -0.4 is 10.1 Å². The van der Waals surface area contributed by atoms with Gasteiger partial charge in [0.25, 0.3) is 0 Å². The fraction of sp³-hybridized carbons (Fsp3) is 0.188. The highest BCUT2D eigenvalue weighted by Gasteiger charge is 2.00. The summed E-state index contributed by atoms with van der Waals surface area (Å²) < 4.78 is 5.24. The topological polar surface area (TPSA) is 45.0 Å². The van der Waals surface area contributed by atoms with Crippen LogP contribution in [0.5, 0.6) is 5.75 Å². The molecule has 2 aromatic carbocycles. The first-order valence-electron chi connectivity index (χ1n) is 6.10. The maximum Gasteiger partial charge on any atom is 0.121 e. The molecule has 0 atom stereocenters. The van der Waals surface area contributed by atoms with E-state index in [4.69, 9.17) is 10.00 Å². The van der Waals surface area contributed by atoms with Crippen molar-refractivity contribution in [3.05, 3.63) is 59.2 Å². The van der Waals surface area contributed by atoms with Gasteiger partial charge in [0.05, 0.1) is 18.7 Å². The average Bonchev–Trinajstić information content (AvgIpc) is 2.45. The molecule has 1 N–H and O–H groups in total. The molecule has 19 heavy (non-hydrogen) atoms. The summed E-state index contributed by atoms with van der Waals surface area (Å²) in [6.45, 7) is 2.75. The Balaban J connectivity index is 2.06. The van der Waals surface area contributed by atoms with Crippen molar-refractivity contribution >= 4 is 5.69 Å². The number of hydrogen-bond acceptors (Lipinski definition) is 3. The number of nitrogens with zero attached hydrogens (tertiary/aromatic N) is 1. The first-order chi connectivity index (χ1) is 9.22. The van der Waals surface area contributed by atoms with E-state index in [1.807, 2.05) is 37.3 Å². The number of aryl methyl sites for hydroxylation is 1. The van der Waals surface area contributed by atoms with Crippen molar-refractivity contribution in [2.75, 3.05) is 12.4 Å². The van der Waals surface area contributed by atoms with Gasteiger partial charge in [0.1, 0.15) is 5.75 Å². The Bertz CT molecular complexity index is 614. The Morgan fingerprint density at radius 2 is 2.05 bits per heavy atom. The van der Waals surface area contributed by atoms with Crippen LogP contribution in [0.15, 0.2) is 42.5 Å². The fourth-order valence-electron chi connectivity index (χ4n) is 1.95. The molecular formula is C16H16N2O. The van der Waals surface area contributed by atoms with Crippen LogP contribution in [0.1, 0.15) is 16.7 Å². The minimum Gasteiger partial charge on any atom is -0.496 e. The maximum atomic E-state index is 8.85. The average molecular weight is 252 g/mol. The largest absolute Gasteiger partial charge is 0.496 e. The Kier molecular flexibility index (Phi) is 4.04. The molecule has 2 aromatic rings. The van der Waals surface area contributed by atoms with E-state index in [-0.39, 0.29) is 0 Å². The number of hydrogen-bond donors (Lipinski definition) is 1. The Labute approximate surface area is 113 Å². The number of ether oxygens (including phenoxy) is 1. The van der Waals surface area contributed by atoms with Gasteiger partial charge < -0.3 is 10.1 Å². The lowest BCUT2D eigenvalue weighted by atomic mass is 10.1. The Morgan fingerprint density at radius 1 is 1.21 bits per heavy atom. The number of nitriles is 1. The van der Waals surface area contributed by atoms with Crippen molar-refractivity contribution in [1.82, 2.24) is 0 Å². The summed E-state index contributed by atoms with van der Waals surface area (Å²) in [5, 5.41) is 12.2. The predicted octanol–water partition coefficient (Wildman–Crippen LogP) is 3.49. The van der Waals surface area contributed by atoms with E-state index in [0.717, 1.165) is 23.5 Å². The second kappa shape index (κ2) is 5.92. The number of methoxy groups -OCH3 is 1. The van der Waals surface area contributed by atoms with Crippen molar-refractivity contribution in [1.29, 1.82) is 5.26 Å². The van der Waals surface area contributed by atoms with Gasteiger partial charge in [0.15, 0.2) is 0 Å². The molecule has 0 spiro atoms. The molecule has 0 aliphatic heterocycles. The van der Waals surface area contributed by atoms with E-state index >= 15 is 0 Å². The molecule has 3 heteroatoms. The van der Waals surface area contributed by atoms with E-state index < -0.39 is 0 Å². The standard InChI is InChI=1S/C16H16N2O/c1-12-8-14(6-7-16(12)19-2)11-18-15-5-3-4-13(9-15)10-17/h3-9,18H,11H2,1-2H3. The molecule has 3 nitrogen and oxygen atoms in total. The molecule has 0 saturated carbocycles. The summed E-state index contributed by atoms with van der Waals surface area (Å²) in [6, 6.07) is 15.7. The first kappa shape index (κ1) is 13.0. The highest BCUT2D eigenvalue weighted by atomic mass is 16.5. The third-order valence-corrected chi connectivity index (χ3v) is 2.95. The molecule has 0 fully saturated rings. The molecule has 0 aliphatic rings. The molecule has 0 bridgehead atoms. The molecule has 0 unspecified atom stereocenters. The molecule has 0 saturated heterocycles. The van der Waals surface area contributed by atoms with Crippen LogP contribution in [0.25, 0.3) is 0 Å². The van der Waals surface area contributed by atoms with Crippen LogP contribution in [0.4, 0.5) is 5.69 Å². The van der Waals surface area contributed by atoms with E-state index in [1.54, 1.807) is 13.2 Å². The number of benzene rings is 2. The van der Waals surface area contributed by atoms with Crippen LogP contribution in [0.2, 0.25) is 0 Å². The minimum absolute atomic E-state index is 0.663. The zero-order valence-electron chi connectivity index (χ0n) is 11.1. The smallest absolute Gasteiger partial charge is 0.121 e. The Hall–Kier alpha value is -2.47. The van der Waals surface area contributed by atoms with Gasteiger partial charge in [0, 0.05) is 12.2 Å². The van der Waals surface area contributed by atoms with Crippen molar-refractivity contribution in [2.45, 2.75) is 13.5 Å². The predicted molar refractivity (Wildman–Crippen MR) is 76.2 cm³/mol. The van der Waals surface area contributed by atoms with Gasteiger partial charge in [-0.1, -0.05) is 18.2 Å². The van der Waals surface area contributed by atoms with Gasteiger partial charge in [-0.15, -0.1) is 0 Å². The highest BCUT2D eigenvalue weighted by Crippen LogP contribution is 2.19. The zero-order chi connectivity index (χ0) is 13.7. The number of anilines is 1. The molecular weight excluding hydrogens is 236 g/mol. The van der Waals surface area contributed by atoms with Crippen LogP contribution in [-0.4, -0.2) is 7.11 Å². The zero-order valence-corrected chi connectivity index (χ0v) is 11.1.